The number of sulfonamides is 1. The molecule has 1 aromatic carbocycles. The average Bonchev–Trinajstić information content (AvgIpc) is 3.05. The fraction of sp³-hybridized carbons (Fsp3) is 0.500. The zero-order valence-electron chi connectivity index (χ0n) is 14.2. The number of benzene rings is 1. The third-order valence-corrected chi connectivity index (χ3v) is 7.46. The van der Waals surface area contributed by atoms with Crippen LogP contribution in [0.15, 0.2) is 29.2 Å². The maximum atomic E-state index is 12.6. The predicted molar refractivity (Wildman–Crippen MR) is 96.3 cm³/mol. The SMILES string of the molecule is CCN(CC)S(=O)(=O)c1cccc(C(=O)NC2(C(=O)O)CCSC2)c1. The highest BCUT2D eigenvalue weighted by Crippen LogP contribution is 2.29. The van der Waals surface area contributed by atoms with Gasteiger partial charge in [0.2, 0.25) is 10.0 Å². The minimum absolute atomic E-state index is 0.0222. The van der Waals surface area contributed by atoms with Crippen molar-refractivity contribution in [3.8, 4) is 0 Å². The topological polar surface area (TPSA) is 104 Å². The number of carboxylic acids is 1. The van der Waals surface area contributed by atoms with Crippen LogP contribution in [0.5, 0.6) is 0 Å². The largest absolute Gasteiger partial charge is 0.479 e. The first-order chi connectivity index (χ1) is 11.8. The summed E-state index contributed by atoms with van der Waals surface area (Å²) in [6.07, 6.45) is 0.343. The Labute approximate surface area is 151 Å². The molecule has 1 heterocycles. The second kappa shape index (κ2) is 7.76. The number of carbonyl (C=O) groups excluding carboxylic acids is 1. The Balaban J connectivity index is 2.29. The summed E-state index contributed by atoms with van der Waals surface area (Å²) >= 11 is 1.47. The van der Waals surface area contributed by atoms with Gasteiger partial charge in [-0.3, -0.25) is 4.79 Å². The number of thioether (sulfide) groups is 1. The van der Waals surface area contributed by atoms with E-state index in [1.165, 1.54) is 40.3 Å². The summed E-state index contributed by atoms with van der Waals surface area (Å²) in [5.41, 5.74) is -1.17. The molecule has 1 atom stereocenters. The number of amides is 1. The van der Waals surface area contributed by atoms with Gasteiger partial charge in [0.05, 0.1) is 4.90 Å². The van der Waals surface area contributed by atoms with E-state index in [1.54, 1.807) is 13.8 Å². The van der Waals surface area contributed by atoms with Crippen molar-refractivity contribution >= 4 is 33.7 Å². The van der Waals surface area contributed by atoms with Gasteiger partial charge in [-0.25, -0.2) is 13.2 Å². The first-order valence-electron chi connectivity index (χ1n) is 8.00. The molecule has 1 fully saturated rings. The van der Waals surface area contributed by atoms with Crippen molar-refractivity contribution in [3.05, 3.63) is 29.8 Å². The van der Waals surface area contributed by atoms with Crippen LogP contribution < -0.4 is 5.32 Å². The Bertz CT molecular complexity index is 754. The standard InChI is InChI=1S/C16H22N2O5S2/c1-3-18(4-2)25(22,23)13-7-5-6-12(10-13)14(19)17-16(15(20)21)8-9-24-11-16/h5-7,10H,3-4,8-9,11H2,1-2H3,(H,17,19)(H,20,21). The average molecular weight is 386 g/mol. The van der Waals surface area contributed by atoms with Crippen molar-refractivity contribution < 1.29 is 23.1 Å². The molecule has 2 rings (SSSR count). The van der Waals surface area contributed by atoms with Crippen molar-refractivity contribution in [2.75, 3.05) is 24.6 Å². The molecule has 138 valence electrons. The van der Waals surface area contributed by atoms with E-state index in [1.807, 2.05) is 0 Å². The van der Waals surface area contributed by atoms with Crippen molar-refractivity contribution in [2.45, 2.75) is 30.7 Å². The number of nitrogens with zero attached hydrogens (tertiary/aromatic N) is 1. The van der Waals surface area contributed by atoms with Crippen LogP contribution in [-0.2, 0) is 14.8 Å². The van der Waals surface area contributed by atoms with E-state index in [4.69, 9.17) is 0 Å². The van der Waals surface area contributed by atoms with E-state index in [2.05, 4.69) is 5.32 Å². The van der Waals surface area contributed by atoms with Crippen molar-refractivity contribution in [1.29, 1.82) is 0 Å². The van der Waals surface area contributed by atoms with Gasteiger partial charge in [0.15, 0.2) is 0 Å². The normalized spacial score (nSPS) is 20.6. The second-order valence-corrected chi connectivity index (χ2v) is 8.80. The number of carboxylic acid groups (broad SMARTS) is 1. The Morgan fingerprint density at radius 3 is 2.52 bits per heavy atom. The van der Waals surface area contributed by atoms with E-state index in [9.17, 15) is 23.1 Å². The molecule has 0 aliphatic carbocycles. The van der Waals surface area contributed by atoms with E-state index < -0.39 is 27.4 Å². The highest BCUT2D eigenvalue weighted by molar-refractivity contribution is 7.99. The third kappa shape index (κ3) is 3.99. The van der Waals surface area contributed by atoms with E-state index in [0.717, 1.165) is 0 Å². The van der Waals surface area contributed by atoms with Crippen LogP contribution in [0.2, 0.25) is 0 Å². The Hall–Kier alpha value is -1.58. The highest BCUT2D eigenvalue weighted by atomic mass is 32.2. The monoisotopic (exact) mass is 386 g/mol. The first kappa shape index (κ1) is 19.7. The Morgan fingerprint density at radius 1 is 1.32 bits per heavy atom. The molecule has 25 heavy (non-hydrogen) atoms. The van der Waals surface area contributed by atoms with E-state index >= 15 is 0 Å². The van der Waals surface area contributed by atoms with Gasteiger partial charge in [-0.05, 0) is 30.4 Å². The van der Waals surface area contributed by atoms with Gasteiger partial charge in [0.25, 0.3) is 5.91 Å². The van der Waals surface area contributed by atoms with E-state index in [0.29, 0.717) is 31.0 Å². The van der Waals surface area contributed by atoms with Crippen LogP contribution in [0, 0.1) is 0 Å². The van der Waals surface area contributed by atoms with Crippen LogP contribution in [-0.4, -0.2) is 59.8 Å². The lowest BCUT2D eigenvalue weighted by Crippen LogP contribution is -2.54. The minimum Gasteiger partial charge on any atom is -0.479 e. The molecule has 0 radical (unpaired) electrons. The molecule has 1 unspecified atom stereocenters. The first-order valence-corrected chi connectivity index (χ1v) is 10.6. The Kier molecular flexibility index (Phi) is 6.12. The molecule has 1 aromatic rings. The van der Waals surface area contributed by atoms with Crippen molar-refractivity contribution in [2.24, 2.45) is 0 Å². The molecule has 0 bridgehead atoms. The van der Waals surface area contributed by atoms with Gasteiger partial charge in [0.1, 0.15) is 5.54 Å². The molecule has 7 nitrogen and oxygen atoms in total. The quantitative estimate of drug-likeness (QED) is 0.734. The molecular formula is C16H22N2O5S2. The molecule has 1 aliphatic heterocycles. The summed E-state index contributed by atoms with van der Waals surface area (Å²) in [5, 5.41) is 12.0. The van der Waals surface area contributed by atoms with Crippen molar-refractivity contribution in [3.63, 3.8) is 0 Å². The number of hydrogen-bond donors (Lipinski definition) is 2. The number of aliphatic carboxylic acids is 1. The number of nitrogens with one attached hydrogen (secondary N) is 1. The molecule has 1 saturated heterocycles. The minimum atomic E-state index is -3.68. The lowest BCUT2D eigenvalue weighted by atomic mass is 9.98. The van der Waals surface area contributed by atoms with Gasteiger partial charge in [-0.15, -0.1) is 0 Å². The molecule has 0 saturated carbocycles. The summed E-state index contributed by atoms with van der Waals surface area (Å²) in [4.78, 5) is 24.1. The molecule has 0 aromatic heterocycles. The number of rotatable bonds is 7. The van der Waals surface area contributed by atoms with Gasteiger partial charge < -0.3 is 10.4 Å². The molecular weight excluding hydrogens is 364 g/mol. The van der Waals surface area contributed by atoms with Crippen molar-refractivity contribution in [1.82, 2.24) is 9.62 Å². The predicted octanol–water partition coefficient (Wildman–Crippen LogP) is 1.41. The zero-order valence-corrected chi connectivity index (χ0v) is 15.8. The Morgan fingerprint density at radius 2 is 2.00 bits per heavy atom. The number of carbonyl (C=O) groups is 2. The molecule has 9 heteroatoms. The van der Waals surface area contributed by atoms with Gasteiger partial charge in [-0.1, -0.05) is 19.9 Å². The summed E-state index contributed by atoms with van der Waals surface area (Å²) in [6.45, 7) is 4.14. The van der Waals surface area contributed by atoms with Crippen LogP contribution in [0.3, 0.4) is 0 Å². The van der Waals surface area contributed by atoms with Crippen LogP contribution in [0.4, 0.5) is 0 Å². The second-order valence-electron chi connectivity index (χ2n) is 5.76. The fourth-order valence-electron chi connectivity index (χ4n) is 2.69. The van der Waals surface area contributed by atoms with Gasteiger partial charge in [0, 0.05) is 24.4 Å². The third-order valence-electron chi connectivity index (χ3n) is 4.22. The van der Waals surface area contributed by atoms with Gasteiger partial charge in [-0.2, -0.15) is 16.1 Å². The van der Waals surface area contributed by atoms with Crippen LogP contribution in [0.1, 0.15) is 30.6 Å². The number of hydrogen-bond acceptors (Lipinski definition) is 5. The zero-order chi connectivity index (χ0) is 18.7. The molecule has 0 spiro atoms. The highest BCUT2D eigenvalue weighted by Gasteiger charge is 2.43. The van der Waals surface area contributed by atoms with Gasteiger partial charge >= 0.3 is 5.97 Å². The molecule has 1 amide bonds. The summed E-state index contributed by atoms with van der Waals surface area (Å²) in [5.74, 6) is -0.701. The summed E-state index contributed by atoms with van der Waals surface area (Å²) in [7, 11) is -3.68. The maximum absolute atomic E-state index is 12.6. The summed E-state index contributed by atoms with van der Waals surface area (Å²) in [6, 6.07) is 5.69. The molecule has 2 N–H and O–H groups in total. The van der Waals surface area contributed by atoms with Crippen LogP contribution in [0.25, 0.3) is 0 Å². The molecule has 1 aliphatic rings. The fourth-order valence-corrected chi connectivity index (χ4v) is 5.52. The lowest BCUT2D eigenvalue weighted by Gasteiger charge is -2.24. The van der Waals surface area contributed by atoms with Crippen LogP contribution >= 0.6 is 11.8 Å². The smallest absolute Gasteiger partial charge is 0.330 e. The maximum Gasteiger partial charge on any atom is 0.330 e. The lowest BCUT2D eigenvalue weighted by molar-refractivity contribution is -0.143. The summed E-state index contributed by atoms with van der Waals surface area (Å²) < 4.78 is 26.5. The van der Waals surface area contributed by atoms with E-state index in [-0.39, 0.29) is 10.5 Å².